The molecule has 1 N–H and O–H groups in total. The monoisotopic (exact) mass is 473 g/mol. The van der Waals surface area contributed by atoms with E-state index in [1.165, 1.54) is 0 Å². The van der Waals surface area contributed by atoms with Crippen molar-refractivity contribution in [3.8, 4) is 0 Å². The number of likely N-dealkylation sites (tertiary alicyclic amines) is 1. The Morgan fingerprint density at radius 2 is 1.88 bits per heavy atom. The largest absolute Gasteiger partial charge is 0.445 e. The summed E-state index contributed by atoms with van der Waals surface area (Å²) in [5, 5.41) is 1.04. The third-order valence-corrected chi connectivity index (χ3v) is 6.61. The number of ether oxygens (including phenoxy) is 1. The number of hydrogen-bond acceptors (Lipinski definition) is 5. The average Bonchev–Trinajstić information content (AvgIpc) is 3.41. The summed E-state index contributed by atoms with van der Waals surface area (Å²) >= 11 is 12.0. The molecule has 32 heavy (non-hydrogen) atoms. The quantitative estimate of drug-likeness (QED) is 0.511. The van der Waals surface area contributed by atoms with Gasteiger partial charge in [-0.25, -0.2) is 9.59 Å². The molecule has 166 valence electrons. The standard InChI is InChI=1S/C23H21Cl2N3O4/c24-17-5-14(6-18(25)7-17)12-31-23(30)28-10-15-3-13(4-16(15)11-28)9-26-19-1-2-20-21(8-19)32-22(29)27-20/h1-2,5-9,13,15-16H,3-4,10-12H2,(H,27,29)/t13?,15-,16+. The van der Waals surface area contributed by atoms with Crippen LogP contribution < -0.4 is 5.76 Å². The van der Waals surface area contributed by atoms with Crippen LogP contribution in [0, 0.1) is 17.8 Å². The molecule has 1 saturated heterocycles. The summed E-state index contributed by atoms with van der Waals surface area (Å²) in [4.78, 5) is 32.8. The number of nitrogens with one attached hydrogen (secondary N) is 1. The van der Waals surface area contributed by atoms with Crippen molar-refractivity contribution < 1.29 is 13.9 Å². The topological polar surface area (TPSA) is 87.9 Å². The van der Waals surface area contributed by atoms with Crippen molar-refractivity contribution >= 4 is 52.3 Å². The molecular weight excluding hydrogens is 453 g/mol. The number of carbonyl (C=O) groups excluding carboxylic acids is 1. The highest BCUT2D eigenvalue weighted by atomic mass is 35.5. The normalized spacial score (nSPS) is 22.7. The van der Waals surface area contributed by atoms with Crippen molar-refractivity contribution in [1.29, 1.82) is 0 Å². The Labute approximate surface area is 194 Å². The molecule has 7 nitrogen and oxygen atoms in total. The van der Waals surface area contributed by atoms with Crippen LogP contribution in [0.15, 0.2) is 50.6 Å². The van der Waals surface area contributed by atoms with Gasteiger partial charge >= 0.3 is 11.8 Å². The molecule has 1 aliphatic heterocycles. The van der Waals surface area contributed by atoms with Crippen LogP contribution in [0.1, 0.15) is 18.4 Å². The highest BCUT2D eigenvalue weighted by molar-refractivity contribution is 6.34. The molecule has 1 unspecified atom stereocenters. The summed E-state index contributed by atoms with van der Waals surface area (Å²) in [6.07, 6.45) is 3.66. The zero-order valence-electron chi connectivity index (χ0n) is 17.1. The van der Waals surface area contributed by atoms with Gasteiger partial charge in [0.1, 0.15) is 6.61 Å². The molecule has 2 aliphatic rings. The first-order chi connectivity index (χ1) is 15.4. The number of H-pyrrole nitrogens is 1. The van der Waals surface area contributed by atoms with E-state index < -0.39 is 5.76 Å². The molecule has 0 spiro atoms. The molecule has 3 aromatic rings. The fourth-order valence-electron chi connectivity index (χ4n) is 4.75. The van der Waals surface area contributed by atoms with Crippen molar-refractivity contribution in [2.45, 2.75) is 19.4 Å². The molecule has 1 saturated carbocycles. The van der Waals surface area contributed by atoms with Crippen LogP contribution in [0.3, 0.4) is 0 Å². The van der Waals surface area contributed by atoms with Crippen LogP contribution in [0.5, 0.6) is 0 Å². The minimum absolute atomic E-state index is 0.145. The maximum atomic E-state index is 12.5. The number of amides is 1. The van der Waals surface area contributed by atoms with E-state index in [0.29, 0.717) is 52.0 Å². The summed E-state index contributed by atoms with van der Waals surface area (Å²) in [7, 11) is 0. The maximum absolute atomic E-state index is 12.5. The molecule has 5 rings (SSSR count). The first-order valence-corrected chi connectivity index (χ1v) is 11.2. The molecule has 0 radical (unpaired) electrons. The average molecular weight is 474 g/mol. The predicted octanol–water partition coefficient (Wildman–Crippen LogP) is 5.43. The van der Waals surface area contributed by atoms with E-state index >= 15 is 0 Å². The number of carbonyl (C=O) groups is 1. The molecular formula is C23H21Cl2N3O4. The number of aliphatic imine (C=N–C) groups is 1. The van der Waals surface area contributed by atoms with Crippen LogP contribution in [0.2, 0.25) is 10.0 Å². The number of fused-ring (bicyclic) bond motifs is 2. The molecule has 1 amide bonds. The number of halogens is 2. The fourth-order valence-corrected chi connectivity index (χ4v) is 5.33. The lowest BCUT2D eigenvalue weighted by molar-refractivity contribution is 0.101. The summed E-state index contributed by atoms with van der Waals surface area (Å²) in [6, 6.07) is 10.5. The van der Waals surface area contributed by atoms with Gasteiger partial charge in [0.25, 0.3) is 0 Å². The Morgan fingerprint density at radius 1 is 1.16 bits per heavy atom. The zero-order chi connectivity index (χ0) is 22.2. The van der Waals surface area contributed by atoms with Gasteiger partial charge in [-0.1, -0.05) is 23.2 Å². The second-order valence-electron chi connectivity index (χ2n) is 8.46. The van der Waals surface area contributed by atoms with Crippen molar-refractivity contribution in [2.75, 3.05) is 13.1 Å². The van der Waals surface area contributed by atoms with Crippen molar-refractivity contribution in [3.05, 3.63) is 62.6 Å². The summed E-state index contributed by atoms with van der Waals surface area (Å²) in [5.74, 6) is 0.796. The van der Waals surface area contributed by atoms with E-state index in [4.69, 9.17) is 32.4 Å². The van der Waals surface area contributed by atoms with E-state index in [2.05, 4.69) is 9.98 Å². The first-order valence-electron chi connectivity index (χ1n) is 10.5. The highest BCUT2D eigenvalue weighted by Crippen LogP contribution is 2.41. The Balaban J connectivity index is 1.13. The Morgan fingerprint density at radius 3 is 2.59 bits per heavy atom. The van der Waals surface area contributed by atoms with Crippen LogP contribution in [0.25, 0.3) is 11.1 Å². The molecule has 1 aromatic heterocycles. The third kappa shape index (κ3) is 4.54. The summed E-state index contributed by atoms with van der Waals surface area (Å²) in [6.45, 7) is 1.54. The number of nitrogens with zero attached hydrogens (tertiary/aromatic N) is 2. The minimum Gasteiger partial charge on any atom is -0.445 e. The Hall–Kier alpha value is -2.77. The Kier molecular flexibility index (Phi) is 5.69. The number of benzene rings is 2. The van der Waals surface area contributed by atoms with E-state index in [1.807, 2.05) is 12.3 Å². The predicted molar refractivity (Wildman–Crippen MR) is 123 cm³/mol. The lowest BCUT2D eigenvalue weighted by Crippen LogP contribution is -2.30. The van der Waals surface area contributed by atoms with E-state index in [-0.39, 0.29) is 12.7 Å². The third-order valence-electron chi connectivity index (χ3n) is 6.17. The second kappa shape index (κ2) is 8.64. The molecule has 2 fully saturated rings. The SMILES string of the molecule is O=C(OCc1cc(Cl)cc(Cl)c1)N1C[C@H]2CC(C=Nc3ccc4[nH]c(=O)oc4c3)C[C@H]2C1. The van der Waals surface area contributed by atoms with Gasteiger partial charge < -0.3 is 14.1 Å². The summed E-state index contributed by atoms with van der Waals surface area (Å²) in [5.41, 5.74) is 2.68. The van der Waals surface area contributed by atoms with Gasteiger partial charge in [0.15, 0.2) is 5.58 Å². The lowest BCUT2D eigenvalue weighted by Gasteiger charge is -2.18. The van der Waals surface area contributed by atoms with Gasteiger partial charge in [-0.3, -0.25) is 9.98 Å². The highest BCUT2D eigenvalue weighted by Gasteiger charge is 2.42. The maximum Gasteiger partial charge on any atom is 0.417 e. The van der Waals surface area contributed by atoms with Gasteiger partial charge in [-0.2, -0.15) is 0 Å². The van der Waals surface area contributed by atoms with Crippen molar-refractivity contribution in [2.24, 2.45) is 22.7 Å². The van der Waals surface area contributed by atoms with Crippen molar-refractivity contribution in [3.63, 3.8) is 0 Å². The van der Waals surface area contributed by atoms with Crippen molar-refractivity contribution in [1.82, 2.24) is 9.88 Å². The number of aromatic nitrogens is 1. The smallest absolute Gasteiger partial charge is 0.417 e. The van der Waals surface area contributed by atoms with Crippen LogP contribution >= 0.6 is 23.2 Å². The summed E-state index contributed by atoms with van der Waals surface area (Å²) < 4.78 is 10.6. The van der Waals surface area contributed by atoms with Gasteiger partial charge in [-0.15, -0.1) is 0 Å². The van der Waals surface area contributed by atoms with E-state index in [9.17, 15) is 9.59 Å². The number of oxazole rings is 1. The molecule has 3 atom stereocenters. The Bertz CT molecular complexity index is 1220. The number of hydrogen-bond donors (Lipinski definition) is 1. The fraction of sp³-hybridized carbons (Fsp3) is 0.348. The second-order valence-corrected chi connectivity index (χ2v) is 9.33. The first kappa shape index (κ1) is 21.1. The minimum atomic E-state index is -0.468. The molecule has 2 heterocycles. The molecule has 1 aliphatic carbocycles. The lowest BCUT2D eigenvalue weighted by atomic mass is 10.0. The number of rotatable bonds is 4. The molecule has 0 bridgehead atoms. The van der Waals surface area contributed by atoms with Gasteiger partial charge in [0.05, 0.1) is 11.2 Å². The van der Waals surface area contributed by atoms with E-state index in [0.717, 1.165) is 24.1 Å². The van der Waals surface area contributed by atoms with Crippen LogP contribution in [-0.2, 0) is 11.3 Å². The van der Waals surface area contributed by atoms with Crippen LogP contribution in [0.4, 0.5) is 10.5 Å². The van der Waals surface area contributed by atoms with Gasteiger partial charge in [0, 0.05) is 35.4 Å². The van der Waals surface area contributed by atoms with Crippen LogP contribution in [-0.4, -0.2) is 35.3 Å². The number of aromatic amines is 1. The van der Waals surface area contributed by atoms with Gasteiger partial charge in [-0.05, 0) is 66.5 Å². The van der Waals surface area contributed by atoms with E-state index in [1.54, 1.807) is 35.2 Å². The van der Waals surface area contributed by atoms with Gasteiger partial charge in [0.2, 0.25) is 0 Å². The molecule has 2 aromatic carbocycles. The molecule has 9 heteroatoms. The zero-order valence-corrected chi connectivity index (χ0v) is 18.6.